The molecule has 7 nitrogen and oxygen atoms in total. The topological polar surface area (TPSA) is 86.8 Å². The Labute approximate surface area is 260 Å². The zero-order valence-corrected chi connectivity index (χ0v) is 25.6. The van der Waals surface area contributed by atoms with Gasteiger partial charge in [-0.15, -0.1) is 0 Å². The fraction of sp³-hybridized carbons (Fsp3) is 0.188. The summed E-state index contributed by atoms with van der Waals surface area (Å²) in [6, 6.07) is 25.4. The van der Waals surface area contributed by atoms with Gasteiger partial charge in [0.25, 0.3) is 10.0 Å². The molecule has 0 aliphatic heterocycles. The van der Waals surface area contributed by atoms with Crippen LogP contribution in [0.3, 0.4) is 0 Å². The Balaban J connectivity index is 1.82. The smallest absolute Gasteiger partial charge is 0.264 e. The highest BCUT2D eigenvalue weighted by Crippen LogP contribution is 2.29. The van der Waals surface area contributed by atoms with Gasteiger partial charge in [0.1, 0.15) is 18.4 Å². The summed E-state index contributed by atoms with van der Waals surface area (Å²) in [5.74, 6) is -1.68. The van der Waals surface area contributed by atoms with E-state index in [4.69, 9.17) is 23.2 Å². The number of carbonyl (C=O) groups excluding carboxylic acids is 2. The molecule has 0 heterocycles. The number of sulfonamides is 1. The summed E-state index contributed by atoms with van der Waals surface area (Å²) in [5.41, 5.74) is 1.27. The minimum Gasteiger partial charge on any atom is -0.355 e. The van der Waals surface area contributed by atoms with E-state index in [9.17, 15) is 22.4 Å². The van der Waals surface area contributed by atoms with Crippen molar-refractivity contribution < 1.29 is 22.4 Å². The van der Waals surface area contributed by atoms with E-state index in [1.165, 1.54) is 29.2 Å². The predicted octanol–water partition coefficient (Wildman–Crippen LogP) is 6.10. The second-order valence-electron chi connectivity index (χ2n) is 9.62. The third-order valence-corrected chi connectivity index (χ3v) is 9.23. The molecule has 0 aliphatic rings. The molecule has 43 heavy (non-hydrogen) atoms. The normalized spacial score (nSPS) is 11.9. The van der Waals surface area contributed by atoms with Gasteiger partial charge in [0.2, 0.25) is 11.8 Å². The Bertz CT molecular complexity index is 1640. The number of halogens is 3. The summed E-state index contributed by atoms with van der Waals surface area (Å²) in [4.78, 5) is 29.1. The Hall–Kier alpha value is -3.92. The number of carbonyl (C=O) groups is 2. The quantitative estimate of drug-likeness (QED) is 0.202. The third-order valence-electron chi connectivity index (χ3n) is 6.74. The van der Waals surface area contributed by atoms with Crippen LogP contribution in [0.5, 0.6) is 0 Å². The van der Waals surface area contributed by atoms with Gasteiger partial charge in [0, 0.05) is 35.1 Å². The summed E-state index contributed by atoms with van der Waals surface area (Å²) >= 11 is 13.0. The Morgan fingerprint density at radius 3 is 2.00 bits per heavy atom. The molecular weight excluding hydrogens is 612 g/mol. The largest absolute Gasteiger partial charge is 0.355 e. The summed E-state index contributed by atoms with van der Waals surface area (Å²) in [5, 5.41) is 3.36. The summed E-state index contributed by atoms with van der Waals surface area (Å²) in [6.07, 6.45) is 0.141. The molecule has 4 aromatic rings. The molecule has 0 saturated heterocycles. The van der Waals surface area contributed by atoms with E-state index in [0.29, 0.717) is 12.1 Å². The highest BCUT2D eigenvalue weighted by molar-refractivity contribution is 7.92. The number of benzene rings is 4. The second kappa shape index (κ2) is 14.5. The van der Waals surface area contributed by atoms with Gasteiger partial charge in [-0.2, -0.15) is 0 Å². The molecule has 224 valence electrons. The van der Waals surface area contributed by atoms with Crippen molar-refractivity contribution in [1.82, 2.24) is 10.2 Å². The first-order valence-corrected chi connectivity index (χ1v) is 15.7. The molecule has 1 unspecified atom stereocenters. The maximum absolute atomic E-state index is 14.3. The molecule has 1 atom stereocenters. The van der Waals surface area contributed by atoms with Crippen LogP contribution in [0.15, 0.2) is 108 Å². The molecule has 0 aromatic heterocycles. The lowest BCUT2D eigenvalue weighted by Gasteiger charge is -2.34. The van der Waals surface area contributed by atoms with Crippen LogP contribution in [0.1, 0.15) is 18.1 Å². The first-order valence-electron chi connectivity index (χ1n) is 13.5. The average molecular weight is 643 g/mol. The number of likely N-dealkylation sites (N-methyl/N-ethyl adjacent to an activating group) is 1. The van der Waals surface area contributed by atoms with E-state index in [1.54, 1.807) is 43.3 Å². The number of hydrogen-bond donors (Lipinski definition) is 1. The molecule has 0 spiro atoms. The van der Waals surface area contributed by atoms with E-state index >= 15 is 0 Å². The number of amides is 2. The first-order chi connectivity index (χ1) is 20.6. The van der Waals surface area contributed by atoms with Crippen LogP contribution in [0, 0.1) is 5.82 Å². The third kappa shape index (κ3) is 7.93. The van der Waals surface area contributed by atoms with Crippen LogP contribution >= 0.6 is 23.2 Å². The molecule has 0 bridgehead atoms. The van der Waals surface area contributed by atoms with Gasteiger partial charge in [-0.3, -0.25) is 13.9 Å². The molecule has 4 rings (SSSR count). The fourth-order valence-electron chi connectivity index (χ4n) is 4.56. The van der Waals surface area contributed by atoms with E-state index in [2.05, 4.69) is 5.32 Å². The van der Waals surface area contributed by atoms with Crippen molar-refractivity contribution in [3.8, 4) is 0 Å². The lowest BCUT2D eigenvalue weighted by atomic mass is 10.0. The van der Waals surface area contributed by atoms with Crippen molar-refractivity contribution in [3.63, 3.8) is 0 Å². The van der Waals surface area contributed by atoms with Crippen molar-refractivity contribution in [3.05, 3.63) is 130 Å². The molecule has 0 aliphatic carbocycles. The highest BCUT2D eigenvalue weighted by Gasteiger charge is 2.35. The van der Waals surface area contributed by atoms with Crippen LogP contribution in [-0.4, -0.2) is 44.3 Å². The SMILES string of the molecule is CCNC(=O)C(Cc1ccccc1)N(Cc1c(Cl)cccc1Cl)C(=O)CN(c1ccc(F)cc1)S(=O)(=O)c1ccccc1. The lowest BCUT2D eigenvalue weighted by Crippen LogP contribution is -2.53. The van der Waals surface area contributed by atoms with Gasteiger partial charge in [-0.05, 0) is 61.0 Å². The van der Waals surface area contributed by atoms with Crippen molar-refractivity contribution >= 4 is 50.7 Å². The maximum atomic E-state index is 14.3. The van der Waals surface area contributed by atoms with Crippen molar-refractivity contribution in [2.24, 2.45) is 0 Å². The zero-order chi connectivity index (χ0) is 31.0. The van der Waals surface area contributed by atoms with E-state index < -0.39 is 40.2 Å². The van der Waals surface area contributed by atoms with Gasteiger partial charge in [0.15, 0.2) is 0 Å². The Kier molecular flexibility index (Phi) is 10.8. The number of anilines is 1. The number of hydrogen-bond acceptors (Lipinski definition) is 4. The van der Waals surface area contributed by atoms with E-state index in [-0.39, 0.29) is 33.6 Å². The Morgan fingerprint density at radius 2 is 1.42 bits per heavy atom. The monoisotopic (exact) mass is 641 g/mol. The minimum absolute atomic E-state index is 0.0580. The molecule has 4 aromatic carbocycles. The summed E-state index contributed by atoms with van der Waals surface area (Å²) in [6.45, 7) is 1.21. The van der Waals surface area contributed by atoms with Crippen molar-refractivity contribution in [2.45, 2.75) is 30.8 Å². The van der Waals surface area contributed by atoms with Gasteiger partial charge < -0.3 is 10.2 Å². The van der Waals surface area contributed by atoms with Crippen molar-refractivity contribution in [2.75, 3.05) is 17.4 Å². The van der Waals surface area contributed by atoms with Crippen LogP contribution in [-0.2, 0) is 32.6 Å². The van der Waals surface area contributed by atoms with Crippen molar-refractivity contribution in [1.29, 1.82) is 0 Å². The predicted molar refractivity (Wildman–Crippen MR) is 167 cm³/mol. The Morgan fingerprint density at radius 1 is 0.837 bits per heavy atom. The van der Waals surface area contributed by atoms with Crippen LogP contribution in [0.25, 0.3) is 0 Å². The highest BCUT2D eigenvalue weighted by atomic mass is 35.5. The summed E-state index contributed by atoms with van der Waals surface area (Å²) in [7, 11) is -4.29. The zero-order valence-electron chi connectivity index (χ0n) is 23.3. The van der Waals surface area contributed by atoms with Gasteiger partial charge in [-0.1, -0.05) is 77.8 Å². The standard InChI is InChI=1S/C32H30Cl2FN3O4S/c1-2-36-32(40)30(20-23-10-5-3-6-11-23)37(21-27-28(33)14-9-15-29(27)34)31(39)22-38(25-18-16-24(35)17-19-25)43(41,42)26-12-7-4-8-13-26/h3-19,30H,2,20-22H2,1H3,(H,36,40). The molecule has 1 N–H and O–H groups in total. The molecule has 0 fully saturated rings. The van der Waals surface area contributed by atoms with Gasteiger partial charge in [0.05, 0.1) is 10.6 Å². The van der Waals surface area contributed by atoms with Crippen LogP contribution in [0.4, 0.5) is 10.1 Å². The van der Waals surface area contributed by atoms with E-state index in [0.717, 1.165) is 22.0 Å². The lowest BCUT2D eigenvalue weighted by molar-refractivity contribution is -0.140. The average Bonchev–Trinajstić information content (AvgIpc) is 3.00. The number of nitrogens with one attached hydrogen (secondary N) is 1. The molecular formula is C32H30Cl2FN3O4S. The van der Waals surface area contributed by atoms with Crippen LogP contribution in [0.2, 0.25) is 10.0 Å². The van der Waals surface area contributed by atoms with Crippen LogP contribution < -0.4 is 9.62 Å². The molecule has 0 radical (unpaired) electrons. The first kappa shape index (κ1) is 32.0. The number of rotatable bonds is 12. The molecule has 2 amide bonds. The fourth-order valence-corrected chi connectivity index (χ4v) is 6.51. The molecule has 0 saturated carbocycles. The minimum atomic E-state index is -4.29. The van der Waals surface area contributed by atoms with E-state index in [1.807, 2.05) is 30.3 Å². The second-order valence-corrected chi connectivity index (χ2v) is 12.3. The van der Waals surface area contributed by atoms with Gasteiger partial charge >= 0.3 is 0 Å². The maximum Gasteiger partial charge on any atom is 0.264 e. The molecule has 11 heteroatoms. The summed E-state index contributed by atoms with van der Waals surface area (Å²) < 4.78 is 42.5. The van der Waals surface area contributed by atoms with Gasteiger partial charge in [-0.25, -0.2) is 12.8 Å². The number of nitrogens with zero attached hydrogens (tertiary/aromatic N) is 2.